The molecule has 5 nitrogen and oxygen atoms in total. The number of benzene rings is 1. The van der Waals surface area contributed by atoms with Crippen LogP contribution in [0.3, 0.4) is 0 Å². The molecule has 0 radical (unpaired) electrons. The van der Waals surface area contributed by atoms with Gasteiger partial charge in [-0.2, -0.15) is 0 Å². The number of ether oxygens (including phenoxy) is 1. The molecule has 1 saturated heterocycles. The monoisotopic (exact) mass is 291 g/mol. The van der Waals surface area contributed by atoms with Crippen molar-refractivity contribution in [1.82, 2.24) is 4.90 Å². The van der Waals surface area contributed by atoms with Crippen LogP contribution in [0.15, 0.2) is 24.3 Å². The average molecular weight is 291 g/mol. The van der Waals surface area contributed by atoms with Crippen LogP contribution < -0.4 is 4.74 Å². The van der Waals surface area contributed by atoms with Gasteiger partial charge in [-0.15, -0.1) is 0 Å². The van der Waals surface area contributed by atoms with E-state index in [0.717, 1.165) is 19.4 Å². The molecule has 1 aliphatic heterocycles. The maximum Gasteiger partial charge on any atom is 0.307 e. The number of hydrogen-bond donors (Lipinski definition) is 1. The van der Waals surface area contributed by atoms with Crippen molar-refractivity contribution in [3.63, 3.8) is 0 Å². The lowest BCUT2D eigenvalue weighted by atomic mass is 10.1. The van der Waals surface area contributed by atoms with Gasteiger partial charge in [-0.3, -0.25) is 9.59 Å². The summed E-state index contributed by atoms with van der Waals surface area (Å²) < 4.78 is 5.75. The van der Waals surface area contributed by atoms with Crippen molar-refractivity contribution in [2.75, 3.05) is 13.2 Å². The van der Waals surface area contributed by atoms with Gasteiger partial charge in [-0.05, 0) is 30.5 Å². The Labute approximate surface area is 124 Å². The second-order valence-electron chi connectivity index (χ2n) is 5.27. The van der Waals surface area contributed by atoms with Gasteiger partial charge in [0.25, 0.3) is 0 Å². The highest BCUT2D eigenvalue weighted by Crippen LogP contribution is 2.20. The largest absolute Gasteiger partial charge is 0.491 e. The van der Waals surface area contributed by atoms with E-state index < -0.39 is 5.97 Å². The van der Waals surface area contributed by atoms with E-state index in [4.69, 9.17) is 9.84 Å². The van der Waals surface area contributed by atoms with Crippen LogP contribution in [0.5, 0.6) is 5.75 Å². The van der Waals surface area contributed by atoms with E-state index in [9.17, 15) is 9.59 Å². The highest BCUT2D eigenvalue weighted by atomic mass is 16.5. The number of aliphatic carboxylic acids is 1. The van der Waals surface area contributed by atoms with E-state index in [2.05, 4.69) is 0 Å². The lowest BCUT2D eigenvalue weighted by Gasteiger charge is -2.24. The highest BCUT2D eigenvalue weighted by Gasteiger charge is 2.28. The van der Waals surface area contributed by atoms with Crippen molar-refractivity contribution in [2.24, 2.45) is 0 Å². The van der Waals surface area contributed by atoms with Gasteiger partial charge in [-0.25, -0.2) is 0 Å². The second kappa shape index (κ2) is 7.11. The van der Waals surface area contributed by atoms with Gasteiger partial charge in [0.1, 0.15) is 12.4 Å². The highest BCUT2D eigenvalue weighted by molar-refractivity contribution is 5.76. The van der Waals surface area contributed by atoms with Crippen LogP contribution in [0, 0.1) is 0 Å². The van der Waals surface area contributed by atoms with Gasteiger partial charge in [0.15, 0.2) is 0 Å². The molecule has 0 bridgehead atoms. The van der Waals surface area contributed by atoms with Crippen molar-refractivity contribution < 1.29 is 19.4 Å². The minimum atomic E-state index is -0.859. The number of amides is 1. The first-order valence-corrected chi connectivity index (χ1v) is 7.33. The first kappa shape index (κ1) is 15.4. The molecular weight excluding hydrogens is 270 g/mol. The Morgan fingerprint density at radius 3 is 2.95 bits per heavy atom. The smallest absolute Gasteiger partial charge is 0.307 e. The summed E-state index contributed by atoms with van der Waals surface area (Å²) in [6.45, 7) is 3.13. The zero-order valence-corrected chi connectivity index (χ0v) is 12.2. The molecule has 0 aromatic heterocycles. The summed E-state index contributed by atoms with van der Waals surface area (Å²) in [4.78, 5) is 24.4. The van der Waals surface area contributed by atoms with Crippen molar-refractivity contribution >= 4 is 11.9 Å². The molecule has 1 heterocycles. The van der Waals surface area contributed by atoms with Crippen LogP contribution in [0.2, 0.25) is 0 Å². The number of carbonyl (C=O) groups is 2. The van der Waals surface area contributed by atoms with E-state index in [1.807, 2.05) is 17.9 Å². The normalized spacial score (nSPS) is 17.8. The van der Waals surface area contributed by atoms with Crippen molar-refractivity contribution in [1.29, 1.82) is 0 Å². The van der Waals surface area contributed by atoms with Crippen molar-refractivity contribution in [3.8, 4) is 5.75 Å². The molecule has 1 aromatic rings. The van der Waals surface area contributed by atoms with Crippen molar-refractivity contribution in [2.45, 2.75) is 38.6 Å². The Bertz CT molecular complexity index is 515. The van der Waals surface area contributed by atoms with Crippen LogP contribution in [0.25, 0.3) is 0 Å². The Kier molecular flexibility index (Phi) is 5.20. The molecule has 1 atom stereocenters. The maximum atomic E-state index is 11.8. The summed E-state index contributed by atoms with van der Waals surface area (Å²) in [6.07, 6.45) is 2.48. The minimum absolute atomic E-state index is 0.0128. The molecule has 2 rings (SSSR count). The molecule has 5 heteroatoms. The molecule has 1 N–H and O–H groups in total. The number of nitrogens with zero attached hydrogens (tertiary/aromatic N) is 1. The lowest BCUT2D eigenvalue weighted by molar-refractivity contribution is -0.136. The van der Waals surface area contributed by atoms with Gasteiger partial charge in [0.05, 0.1) is 12.5 Å². The van der Waals surface area contributed by atoms with Crippen LogP contribution >= 0.6 is 0 Å². The lowest BCUT2D eigenvalue weighted by Crippen LogP contribution is -2.38. The number of hydrogen-bond acceptors (Lipinski definition) is 3. The fourth-order valence-electron chi connectivity index (χ4n) is 2.65. The Morgan fingerprint density at radius 1 is 1.43 bits per heavy atom. The average Bonchev–Trinajstić information content (AvgIpc) is 2.92. The predicted octanol–water partition coefficient (Wildman–Crippen LogP) is 2.09. The fourth-order valence-corrected chi connectivity index (χ4v) is 2.65. The predicted molar refractivity (Wildman–Crippen MR) is 78.3 cm³/mol. The summed E-state index contributed by atoms with van der Waals surface area (Å²) in [5.41, 5.74) is 0.716. The summed E-state index contributed by atoms with van der Waals surface area (Å²) in [5, 5.41) is 8.80. The van der Waals surface area contributed by atoms with Crippen molar-refractivity contribution in [3.05, 3.63) is 29.8 Å². The molecule has 114 valence electrons. The molecule has 21 heavy (non-hydrogen) atoms. The van der Waals surface area contributed by atoms with Crippen LogP contribution in [0.1, 0.15) is 31.7 Å². The van der Waals surface area contributed by atoms with Gasteiger partial charge in [0.2, 0.25) is 5.91 Å². The molecular formula is C16H21NO4. The number of carbonyl (C=O) groups excluding carboxylic acids is 1. The zero-order valence-electron chi connectivity index (χ0n) is 12.2. The van der Waals surface area contributed by atoms with Crippen LogP contribution in [-0.4, -0.2) is 41.1 Å². The topological polar surface area (TPSA) is 66.8 Å². The molecule has 0 saturated carbocycles. The summed E-state index contributed by atoms with van der Waals surface area (Å²) in [6, 6.07) is 7.24. The van der Waals surface area contributed by atoms with Gasteiger partial charge in [0, 0.05) is 13.0 Å². The Morgan fingerprint density at radius 2 is 2.24 bits per heavy atom. The SMILES string of the molecule is CCC(=O)N1CCC[C@H]1COc1cccc(CC(=O)O)c1. The van der Waals surface area contributed by atoms with E-state index in [-0.39, 0.29) is 18.4 Å². The maximum absolute atomic E-state index is 11.8. The summed E-state index contributed by atoms with van der Waals surface area (Å²) in [5.74, 6) is -0.0343. The summed E-state index contributed by atoms with van der Waals surface area (Å²) in [7, 11) is 0. The first-order valence-electron chi connectivity index (χ1n) is 7.33. The van der Waals surface area contributed by atoms with E-state index in [0.29, 0.717) is 24.3 Å². The number of carboxylic acids is 1. The molecule has 0 spiro atoms. The quantitative estimate of drug-likeness (QED) is 0.871. The molecule has 1 amide bonds. The van der Waals surface area contributed by atoms with Crippen LogP contribution in [0.4, 0.5) is 0 Å². The number of carboxylic acid groups (broad SMARTS) is 1. The molecule has 1 aromatic carbocycles. The molecule has 0 unspecified atom stereocenters. The third kappa shape index (κ3) is 4.21. The van der Waals surface area contributed by atoms with Gasteiger partial charge in [-0.1, -0.05) is 19.1 Å². The number of rotatable bonds is 6. The zero-order chi connectivity index (χ0) is 15.2. The van der Waals surface area contributed by atoms with Gasteiger partial charge >= 0.3 is 5.97 Å². The minimum Gasteiger partial charge on any atom is -0.491 e. The fraction of sp³-hybridized carbons (Fsp3) is 0.500. The first-order chi connectivity index (χ1) is 10.1. The van der Waals surface area contributed by atoms with Crippen LogP contribution in [-0.2, 0) is 16.0 Å². The third-order valence-electron chi connectivity index (χ3n) is 3.70. The molecule has 0 aliphatic carbocycles. The number of likely N-dealkylation sites (tertiary alicyclic amines) is 1. The van der Waals surface area contributed by atoms with E-state index >= 15 is 0 Å². The third-order valence-corrected chi connectivity index (χ3v) is 3.70. The Hall–Kier alpha value is -2.04. The Balaban J connectivity index is 1.93. The van der Waals surface area contributed by atoms with E-state index in [1.165, 1.54) is 0 Å². The molecule has 1 aliphatic rings. The molecule has 1 fully saturated rings. The van der Waals surface area contributed by atoms with E-state index in [1.54, 1.807) is 18.2 Å². The standard InChI is InChI=1S/C16H21NO4/c1-2-15(18)17-8-4-6-13(17)11-21-14-7-3-5-12(9-14)10-16(19)20/h3,5,7,9,13H,2,4,6,8,10-11H2,1H3,(H,19,20)/t13-/m0/s1. The van der Waals surface area contributed by atoms with Gasteiger partial charge < -0.3 is 14.7 Å². The summed E-state index contributed by atoms with van der Waals surface area (Å²) >= 11 is 0. The second-order valence-corrected chi connectivity index (χ2v) is 5.27.